The molecule has 0 aliphatic carbocycles. The number of para-hydroxylation sites is 1. The van der Waals surface area contributed by atoms with Crippen molar-refractivity contribution in [3.63, 3.8) is 0 Å². The molecule has 1 aromatic heterocycles. The number of rotatable bonds is 5. The van der Waals surface area contributed by atoms with Crippen molar-refractivity contribution in [2.75, 3.05) is 13.2 Å². The van der Waals surface area contributed by atoms with Crippen molar-refractivity contribution in [1.29, 1.82) is 0 Å². The molecule has 0 fully saturated rings. The standard InChI is InChI=1S/C17H21NO2S/c1-13(10-14-6-9-21-12-14)18-11-15-4-2-5-16-17(15)20-8-3-7-19-16/h2,4-6,9,12-13,18H,3,7-8,10-11H2,1H3. The molecular weight excluding hydrogens is 282 g/mol. The lowest BCUT2D eigenvalue weighted by Crippen LogP contribution is -2.27. The van der Waals surface area contributed by atoms with E-state index in [1.165, 1.54) is 11.1 Å². The molecule has 0 radical (unpaired) electrons. The van der Waals surface area contributed by atoms with Crippen LogP contribution in [0, 0.1) is 0 Å². The molecule has 1 aliphatic rings. The summed E-state index contributed by atoms with van der Waals surface area (Å²) in [6, 6.07) is 8.75. The van der Waals surface area contributed by atoms with E-state index in [4.69, 9.17) is 9.47 Å². The fourth-order valence-electron chi connectivity index (χ4n) is 2.51. The Kier molecular flexibility index (Phi) is 4.78. The highest BCUT2D eigenvalue weighted by molar-refractivity contribution is 7.07. The summed E-state index contributed by atoms with van der Waals surface area (Å²) in [5.74, 6) is 1.78. The summed E-state index contributed by atoms with van der Waals surface area (Å²) in [6.07, 6.45) is 1.99. The van der Waals surface area contributed by atoms with Gasteiger partial charge in [-0.2, -0.15) is 11.3 Å². The average molecular weight is 303 g/mol. The van der Waals surface area contributed by atoms with Crippen LogP contribution in [0.15, 0.2) is 35.0 Å². The highest BCUT2D eigenvalue weighted by atomic mass is 32.1. The smallest absolute Gasteiger partial charge is 0.165 e. The molecule has 2 heterocycles. The third kappa shape index (κ3) is 3.77. The van der Waals surface area contributed by atoms with Crippen molar-refractivity contribution in [3.05, 3.63) is 46.2 Å². The monoisotopic (exact) mass is 303 g/mol. The Morgan fingerprint density at radius 2 is 2.14 bits per heavy atom. The van der Waals surface area contributed by atoms with Crippen molar-refractivity contribution in [2.45, 2.75) is 32.4 Å². The van der Waals surface area contributed by atoms with Crippen LogP contribution in [0.25, 0.3) is 0 Å². The highest BCUT2D eigenvalue weighted by Crippen LogP contribution is 2.33. The molecule has 0 spiro atoms. The normalized spacial score (nSPS) is 15.5. The summed E-state index contributed by atoms with van der Waals surface area (Å²) in [6.45, 7) is 4.49. The topological polar surface area (TPSA) is 30.5 Å². The van der Waals surface area contributed by atoms with Crippen LogP contribution < -0.4 is 14.8 Å². The summed E-state index contributed by atoms with van der Waals surface area (Å²) < 4.78 is 11.6. The second-order valence-corrected chi connectivity index (χ2v) is 6.19. The lowest BCUT2D eigenvalue weighted by atomic mass is 10.1. The average Bonchev–Trinajstić information content (AvgIpc) is 2.87. The maximum Gasteiger partial charge on any atom is 0.165 e. The Morgan fingerprint density at radius 1 is 1.24 bits per heavy atom. The molecule has 112 valence electrons. The van der Waals surface area contributed by atoms with Crippen molar-refractivity contribution >= 4 is 11.3 Å². The quantitative estimate of drug-likeness (QED) is 0.915. The van der Waals surface area contributed by atoms with E-state index >= 15 is 0 Å². The van der Waals surface area contributed by atoms with E-state index in [0.29, 0.717) is 6.04 Å². The molecule has 0 saturated heterocycles. The molecular formula is C17H21NO2S. The predicted octanol–water partition coefficient (Wildman–Crippen LogP) is 3.63. The van der Waals surface area contributed by atoms with Crippen LogP contribution in [-0.2, 0) is 13.0 Å². The Balaban J connectivity index is 1.62. The van der Waals surface area contributed by atoms with Gasteiger partial charge in [-0.3, -0.25) is 0 Å². The Hall–Kier alpha value is -1.52. The minimum Gasteiger partial charge on any atom is -0.490 e. The molecule has 0 amide bonds. The number of hydrogen-bond acceptors (Lipinski definition) is 4. The SMILES string of the molecule is CC(Cc1ccsc1)NCc1cccc2c1OCCCO2. The number of fused-ring (bicyclic) bond motifs is 1. The fourth-order valence-corrected chi connectivity index (χ4v) is 3.19. The first-order chi connectivity index (χ1) is 10.3. The van der Waals surface area contributed by atoms with E-state index in [9.17, 15) is 0 Å². The summed E-state index contributed by atoms with van der Waals surface area (Å²) >= 11 is 1.75. The van der Waals surface area contributed by atoms with E-state index in [1.54, 1.807) is 11.3 Å². The number of ether oxygens (including phenoxy) is 2. The second kappa shape index (κ2) is 6.96. The van der Waals surface area contributed by atoms with Crippen molar-refractivity contribution in [1.82, 2.24) is 5.32 Å². The Morgan fingerprint density at radius 3 is 3.00 bits per heavy atom. The van der Waals surface area contributed by atoms with Gasteiger partial charge in [0.05, 0.1) is 13.2 Å². The van der Waals surface area contributed by atoms with Crippen LogP contribution in [0.5, 0.6) is 11.5 Å². The van der Waals surface area contributed by atoms with Crippen molar-refractivity contribution in [3.8, 4) is 11.5 Å². The van der Waals surface area contributed by atoms with Crippen LogP contribution in [0.4, 0.5) is 0 Å². The molecule has 0 saturated carbocycles. The molecule has 1 aromatic carbocycles. The van der Waals surface area contributed by atoms with Gasteiger partial charge in [0.2, 0.25) is 0 Å². The van der Waals surface area contributed by atoms with Gasteiger partial charge in [-0.1, -0.05) is 12.1 Å². The van der Waals surface area contributed by atoms with Gasteiger partial charge in [0.25, 0.3) is 0 Å². The largest absolute Gasteiger partial charge is 0.490 e. The van der Waals surface area contributed by atoms with Gasteiger partial charge in [-0.25, -0.2) is 0 Å². The molecule has 3 nitrogen and oxygen atoms in total. The molecule has 0 bridgehead atoms. The first kappa shape index (κ1) is 14.4. The van der Waals surface area contributed by atoms with Gasteiger partial charge in [0, 0.05) is 24.6 Å². The fraction of sp³-hybridized carbons (Fsp3) is 0.412. The maximum atomic E-state index is 5.85. The van der Waals surface area contributed by atoms with Crippen LogP contribution in [0.3, 0.4) is 0 Å². The van der Waals surface area contributed by atoms with E-state index in [2.05, 4.69) is 35.1 Å². The minimum atomic E-state index is 0.433. The van der Waals surface area contributed by atoms with Crippen molar-refractivity contribution < 1.29 is 9.47 Å². The Labute approximate surface area is 129 Å². The first-order valence-corrected chi connectivity index (χ1v) is 8.39. The third-order valence-corrected chi connectivity index (χ3v) is 4.35. The van der Waals surface area contributed by atoms with E-state index < -0.39 is 0 Å². The van der Waals surface area contributed by atoms with Gasteiger partial charge in [-0.15, -0.1) is 0 Å². The Bertz CT molecular complexity index is 568. The van der Waals surface area contributed by atoms with Gasteiger partial charge in [-0.05, 0) is 41.8 Å². The van der Waals surface area contributed by atoms with Gasteiger partial charge < -0.3 is 14.8 Å². The number of thiophene rings is 1. The lowest BCUT2D eigenvalue weighted by Gasteiger charge is -2.16. The third-order valence-electron chi connectivity index (χ3n) is 3.62. The molecule has 4 heteroatoms. The molecule has 2 aromatic rings. The summed E-state index contributed by atoms with van der Waals surface area (Å²) in [4.78, 5) is 0. The minimum absolute atomic E-state index is 0.433. The van der Waals surface area contributed by atoms with Gasteiger partial charge >= 0.3 is 0 Å². The van der Waals surface area contributed by atoms with Crippen molar-refractivity contribution in [2.24, 2.45) is 0 Å². The van der Waals surface area contributed by atoms with Crippen LogP contribution in [0.1, 0.15) is 24.5 Å². The molecule has 1 N–H and O–H groups in total. The van der Waals surface area contributed by atoms with Crippen LogP contribution >= 0.6 is 11.3 Å². The number of hydrogen-bond donors (Lipinski definition) is 1. The van der Waals surface area contributed by atoms with Crippen LogP contribution in [0.2, 0.25) is 0 Å². The van der Waals surface area contributed by atoms with E-state index in [-0.39, 0.29) is 0 Å². The summed E-state index contributed by atoms with van der Waals surface area (Å²) in [5, 5.41) is 7.92. The van der Waals surface area contributed by atoms with Gasteiger partial charge in [0.15, 0.2) is 11.5 Å². The molecule has 21 heavy (non-hydrogen) atoms. The van der Waals surface area contributed by atoms with E-state index in [0.717, 1.165) is 44.1 Å². The lowest BCUT2D eigenvalue weighted by molar-refractivity contribution is 0.295. The zero-order chi connectivity index (χ0) is 14.5. The maximum absolute atomic E-state index is 5.85. The zero-order valence-electron chi connectivity index (χ0n) is 12.3. The summed E-state index contributed by atoms with van der Waals surface area (Å²) in [5.41, 5.74) is 2.57. The summed E-state index contributed by atoms with van der Waals surface area (Å²) in [7, 11) is 0. The molecule has 1 unspecified atom stereocenters. The number of nitrogens with one attached hydrogen (secondary N) is 1. The number of benzene rings is 1. The predicted molar refractivity (Wildman–Crippen MR) is 86.4 cm³/mol. The molecule has 1 aliphatic heterocycles. The molecule has 3 rings (SSSR count). The second-order valence-electron chi connectivity index (χ2n) is 5.41. The molecule has 1 atom stereocenters. The van der Waals surface area contributed by atoms with Gasteiger partial charge in [0.1, 0.15) is 0 Å². The highest BCUT2D eigenvalue weighted by Gasteiger charge is 2.14. The first-order valence-electron chi connectivity index (χ1n) is 7.45. The van der Waals surface area contributed by atoms with Crippen LogP contribution in [-0.4, -0.2) is 19.3 Å². The zero-order valence-corrected chi connectivity index (χ0v) is 13.1. The van der Waals surface area contributed by atoms with E-state index in [1.807, 2.05) is 12.1 Å².